The lowest BCUT2D eigenvalue weighted by molar-refractivity contribution is -0.131. The number of thiophene rings is 1. The van der Waals surface area contributed by atoms with E-state index in [-0.39, 0.29) is 24.3 Å². The molecule has 1 aromatic carbocycles. The Bertz CT molecular complexity index is 751. The maximum atomic E-state index is 12.4. The number of rotatable bonds is 7. The first-order valence-corrected chi connectivity index (χ1v) is 9.25. The average molecular weight is 356 g/mol. The summed E-state index contributed by atoms with van der Waals surface area (Å²) >= 11 is 1.63. The van der Waals surface area contributed by atoms with Crippen LogP contribution < -0.4 is 0 Å². The first-order chi connectivity index (χ1) is 12.1. The highest BCUT2D eigenvalue weighted by molar-refractivity contribution is 7.09. The highest BCUT2D eigenvalue weighted by atomic mass is 32.1. The molecule has 1 aromatic heterocycles. The van der Waals surface area contributed by atoms with Gasteiger partial charge in [0.2, 0.25) is 5.91 Å². The van der Waals surface area contributed by atoms with Crippen molar-refractivity contribution in [3.63, 3.8) is 0 Å². The Kier molecular flexibility index (Phi) is 5.28. The second-order valence-electron chi connectivity index (χ2n) is 5.90. The third kappa shape index (κ3) is 3.64. The molecule has 0 N–H and O–H groups in total. The van der Waals surface area contributed by atoms with Gasteiger partial charge in [-0.05, 0) is 36.9 Å². The summed E-state index contributed by atoms with van der Waals surface area (Å²) < 4.78 is 0. The quantitative estimate of drug-likeness (QED) is 0.716. The first-order valence-electron chi connectivity index (χ1n) is 8.37. The number of nitrogens with zero attached hydrogens (tertiary/aromatic N) is 2. The minimum Gasteiger partial charge on any atom is -0.338 e. The fourth-order valence-electron chi connectivity index (χ4n) is 2.96. The van der Waals surface area contributed by atoms with Crippen molar-refractivity contribution in [3.05, 3.63) is 57.8 Å². The summed E-state index contributed by atoms with van der Waals surface area (Å²) in [5.41, 5.74) is 0.901. The van der Waals surface area contributed by atoms with Crippen LogP contribution in [0, 0.1) is 0 Å². The molecular weight excluding hydrogens is 336 g/mol. The van der Waals surface area contributed by atoms with Crippen molar-refractivity contribution in [2.45, 2.75) is 26.3 Å². The van der Waals surface area contributed by atoms with Crippen molar-refractivity contribution in [2.24, 2.45) is 0 Å². The molecule has 3 amide bonds. The first kappa shape index (κ1) is 17.4. The fourth-order valence-corrected chi connectivity index (χ4v) is 3.68. The Morgan fingerprint density at radius 3 is 2.32 bits per heavy atom. The van der Waals surface area contributed by atoms with Gasteiger partial charge in [-0.2, -0.15) is 0 Å². The molecule has 0 radical (unpaired) electrons. The number of fused-ring (bicyclic) bond motifs is 1. The summed E-state index contributed by atoms with van der Waals surface area (Å²) in [7, 11) is 0. The predicted molar refractivity (Wildman–Crippen MR) is 96.5 cm³/mol. The highest BCUT2D eigenvalue weighted by Crippen LogP contribution is 2.22. The largest absolute Gasteiger partial charge is 0.338 e. The molecule has 130 valence electrons. The van der Waals surface area contributed by atoms with E-state index in [1.165, 1.54) is 4.90 Å². The summed E-state index contributed by atoms with van der Waals surface area (Å²) in [4.78, 5) is 41.2. The van der Waals surface area contributed by atoms with Crippen LogP contribution >= 0.6 is 11.3 Å². The summed E-state index contributed by atoms with van der Waals surface area (Å²) in [6, 6.07) is 10.8. The van der Waals surface area contributed by atoms with Gasteiger partial charge < -0.3 is 4.90 Å². The second-order valence-corrected chi connectivity index (χ2v) is 6.93. The third-order valence-electron chi connectivity index (χ3n) is 4.31. The summed E-state index contributed by atoms with van der Waals surface area (Å²) in [6.07, 6.45) is 0.803. The molecule has 0 saturated carbocycles. The standard InChI is InChI=1S/C19H20N2O3S/c1-2-20(13-14-7-6-12-25-14)17(22)10-5-11-21-18(23)15-8-3-4-9-16(15)19(21)24/h3-4,6-9,12H,2,5,10-11,13H2,1H3. The van der Waals surface area contributed by atoms with E-state index in [0.717, 1.165) is 4.88 Å². The van der Waals surface area contributed by atoms with Crippen LogP contribution in [0.1, 0.15) is 45.4 Å². The zero-order chi connectivity index (χ0) is 17.8. The third-order valence-corrected chi connectivity index (χ3v) is 5.17. The van der Waals surface area contributed by atoms with E-state index in [1.54, 1.807) is 40.5 Å². The van der Waals surface area contributed by atoms with Crippen molar-refractivity contribution < 1.29 is 14.4 Å². The summed E-state index contributed by atoms with van der Waals surface area (Å²) in [5.74, 6) is -0.481. The zero-order valence-corrected chi connectivity index (χ0v) is 14.9. The maximum Gasteiger partial charge on any atom is 0.261 e. The Hall–Kier alpha value is -2.47. The number of hydrogen-bond donors (Lipinski definition) is 0. The minimum absolute atomic E-state index is 0.0486. The van der Waals surface area contributed by atoms with E-state index >= 15 is 0 Å². The predicted octanol–water partition coefficient (Wildman–Crippen LogP) is 3.17. The van der Waals surface area contributed by atoms with Gasteiger partial charge in [0.05, 0.1) is 17.7 Å². The molecule has 5 nitrogen and oxygen atoms in total. The van der Waals surface area contributed by atoms with Gasteiger partial charge in [-0.1, -0.05) is 18.2 Å². The van der Waals surface area contributed by atoms with Gasteiger partial charge in [-0.3, -0.25) is 19.3 Å². The Balaban J connectivity index is 1.53. The van der Waals surface area contributed by atoms with Gasteiger partial charge in [0.15, 0.2) is 0 Å². The Morgan fingerprint density at radius 2 is 1.76 bits per heavy atom. The van der Waals surface area contributed by atoms with E-state index in [1.807, 2.05) is 24.4 Å². The van der Waals surface area contributed by atoms with Crippen LogP contribution in [0.15, 0.2) is 41.8 Å². The minimum atomic E-state index is -0.265. The molecule has 6 heteroatoms. The van der Waals surface area contributed by atoms with Gasteiger partial charge in [0, 0.05) is 24.4 Å². The molecule has 0 unspecified atom stereocenters. The molecule has 0 aliphatic carbocycles. The lowest BCUT2D eigenvalue weighted by Crippen LogP contribution is -2.33. The van der Waals surface area contributed by atoms with Gasteiger partial charge in [-0.25, -0.2) is 0 Å². The molecule has 1 aliphatic heterocycles. The molecular formula is C19H20N2O3S. The van der Waals surface area contributed by atoms with Crippen molar-refractivity contribution in [1.82, 2.24) is 9.80 Å². The number of imide groups is 1. The lowest BCUT2D eigenvalue weighted by atomic mass is 10.1. The number of carbonyl (C=O) groups excluding carboxylic acids is 3. The molecule has 0 bridgehead atoms. The van der Waals surface area contributed by atoms with E-state index < -0.39 is 0 Å². The molecule has 0 spiro atoms. The van der Waals surface area contributed by atoms with Crippen LogP contribution in [0.4, 0.5) is 0 Å². The van der Waals surface area contributed by atoms with Gasteiger partial charge in [-0.15, -0.1) is 11.3 Å². The monoisotopic (exact) mass is 356 g/mol. The van der Waals surface area contributed by atoms with Crippen molar-refractivity contribution in [3.8, 4) is 0 Å². The zero-order valence-electron chi connectivity index (χ0n) is 14.1. The molecule has 1 aliphatic rings. The molecule has 0 atom stereocenters. The second kappa shape index (κ2) is 7.61. The lowest BCUT2D eigenvalue weighted by Gasteiger charge is -2.21. The normalized spacial score (nSPS) is 13.2. The highest BCUT2D eigenvalue weighted by Gasteiger charge is 2.34. The summed E-state index contributed by atoms with van der Waals surface area (Å²) in [6.45, 7) is 3.48. The Morgan fingerprint density at radius 1 is 1.08 bits per heavy atom. The van der Waals surface area contributed by atoms with Crippen LogP contribution in [-0.4, -0.2) is 40.6 Å². The maximum absolute atomic E-state index is 12.4. The van der Waals surface area contributed by atoms with Gasteiger partial charge in [0.25, 0.3) is 11.8 Å². The van der Waals surface area contributed by atoms with Crippen LogP contribution in [-0.2, 0) is 11.3 Å². The van der Waals surface area contributed by atoms with Crippen molar-refractivity contribution in [1.29, 1.82) is 0 Å². The van der Waals surface area contributed by atoms with E-state index in [2.05, 4.69) is 0 Å². The molecule has 2 heterocycles. The van der Waals surface area contributed by atoms with Crippen LogP contribution in [0.2, 0.25) is 0 Å². The van der Waals surface area contributed by atoms with E-state index in [0.29, 0.717) is 37.1 Å². The number of carbonyl (C=O) groups is 3. The topological polar surface area (TPSA) is 57.7 Å². The number of amides is 3. The fraction of sp³-hybridized carbons (Fsp3) is 0.316. The van der Waals surface area contributed by atoms with Crippen LogP contribution in [0.3, 0.4) is 0 Å². The Labute approximate surface area is 150 Å². The SMILES string of the molecule is CCN(Cc1cccs1)C(=O)CCCN1C(=O)c2ccccc2C1=O. The smallest absolute Gasteiger partial charge is 0.261 e. The van der Waals surface area contributed by atoms with E-state index in [9.17, 15) is 14.4 Å². The van der Waals surface area contributed by atoms with Crippen LogP contribution in [0.5, 0.6) is 0 Å². The van der Waals surface area contributed by atoms with Gasteiger partial charge in [0.1, 0.15) is 0 Å². The van der Waals surface area contributed by atoms with Gasteiger partial charge >= 0.3 is 0 Å². The number of hydrogen-bond acceptors (Lipinski definition) is 4. The average Bonchev–Trinajstić information content (AvgIpc) is 3.22. The molecule has 3 rings (SSSR count). The van der Waals surface area contributed by atoms with E-state index in [4.69, 9.17) is 0 Å². The summed E-state index contributed by atoms with van der Waals surface area (Å²) in [5, 5.41) is 2.00. The molecule has 2 aromatic rings. The molecule has 0 saturated heterocycles. The number of benzene rings is 1. The molecule has 25 heavy (non-hydrogen) atoms. The molecule has 0 fully saturated rings. The van der Waals surface area contributed by atoms with Crippen LogP contribution in [0.25, 0.3) is 0 Å². The van der Waals surface area contributed by atoms with Crippen molar-refractivity contribution in [2.75, 3.05) is 13.1 Å². The van der Waals surface area contributed by atoms with Crippen molar-refractivity contribution >= 4 is 29.1 Å².